The lowest BCUT2D eigenvalue weighted by molar-refractivity contribution is 0.459. The maximum atomic E-state index is 4.49. The minimum atomic E-state index is 0.671. The van der Waals surface area contributed by atoms with E-state index in [-0.39, 0.29) is 0 Å². The van der Waals surface area contributed by atoms with Crippen LogP contribution in [-0.2, 0) is 6.42 Å². The highest BCUT2D eigenvalue weighted by molar-refractivity contribution is 7.09. The van der Waals surface area contributed by atoms with Gasteiger partial charge in [0.15, 0.2) is 0 Å². The zero-order chi connectivity index (χ0) is 11.1. The highest BCUT2D eigenvalue weighted by Crippen LogP contribution is 2.13. The molecule has 0 fully saturated rings. The van der Waals surface area contributed by atoms with Gasteiger partial charge in [-0.2, -0.15) is 0 Å². The van der Waals surface area contributed by atoms with Crippen LogP contribution in [-0.4, -0.2) is 17.6 Å². The monoisotopic (exact) mass is 226 g/mol. The maximum absolute atomic E-state index is 4.49. The van der Waals surface area contributed by atoms with Crippen LogP contribution in [0.3, 0.4) is 0 Å². The summed E-state index contributed by atoms with van der Waals surface area (Å²) in [5.74, 6) is 0. The molecule has 0 aromatic carbocycles. The molecule has 86 valence electrons. The van der Waals surface area contributed by atoms with E-state index in [0.29, 0.717) is 6.04 Å². The van der Waals surface area contributed by atoms with E-state index in [1.54, 1.807) is 11.3 Å². The normalized spacial score (nSPS) is 13.0. The number of hydrogen-bond donors (Lipinski definition) is 1. The molecule has 0 saturated heterocycles. The number of thiazole rings is 1. The molecule has 0 aliphatic heterocycles. The quantitative estimate of drug-likeness (QED) is 0.772. The molecule has 1 aromatic rings. The van der Waals surface area contributed by atoms with E-state index >= 15 is 0 Å². The largest absolute Gasteiger partial charge is 0.314 e. The molecule has 0 aliphatic carbocycles. The van der Waals surface area contributed by atoms with Gasteiger partial charge in [-0.1, -0.05) is 20.3 Å². The van der Waals surface area contributed by atoms with Crippen molar-refractivity contribution in [2.24, 2.45) is 0 Å². The number of nitrogens with zero attached hydrogens (tertiary/aromatic N) is 1. The molecule has 1 rings (SSSR count). The zero-order valence-electron chi connectivity index (χ0n) is 10.0. The van der Waals surface area contributed by atoms with Crippen LogP contribution in [0.5, 0.6) is 0 Å². The number of nitrogens with one attached hydrogen (secondary N) is 1. The number of aromatic nitrogens is 1. The summed E-state index contributed by atoms with van der Waals surface area (Å²) < 4.78 is 0. The Hall–Kier alpha value is -0.410. The van der Waals surface area contributed by atoms with Gasteiger partial charge < -0.3 is 5.32 Å². The van der Waals surface area contributed by atoms with Crippen molar-refractivity contribution in [1.29, 1.82) is 0 Å². The Morgan fingerprint density at radius 2 is 2.20 bits per heavy atom. The Kier molecular flexibility index (Phi) is 5.88. The van der Waals surface area contributed by atoms with Gasteiger partial charge in [0.05, 0.1) is 5.01 Å². The summed E-state index contributed by atoms with van der Waals surface area (Å²) in [7, 11) is 0. The standard InChI is InChI=1S/C12H22N2S/c1-4-6-11(13-5-2)7-8-12-14-10(3)9-15-12/h9,11,13H,4-8H2,1-3H3. The Bertz CT molecular complexity index is 264. The van der Waals surface area contributed by atoms with Gasteiger partial charge in [0.2, 0.25) is 0 Å². The minimum Gasteiger partial charge on any atom is -0.314 e. The van der Waals surface area contributed by atoms with Gasteiger partial charge in [0, 0.05) is 23.5 Å². The van der Waals surface area contributed by atoms with Gasteiger partial charge in [-0.25, -0.2) is 4.98 Å². The molecule has 15 heavy (non-hydrogen) atoms. The van der Waals surface area contributed by atoms with Crippen LogP contribution >= 0.6 is 11.3 Å². The molecule has 0 bridgehead atoms. The lowest BCUT2D eigenvalue weighted by Crippen LogP contribution is -2.29. The van der Waals surface area contributed by atoms with Crippen molar-refractivity contribution < 1.29 is 0 Å². The number of hydrogen-bond acceptors (Lipinski definition) is 3. The first-order chi connectivity index (χ1) is 7.26. The van der Waals surface area contributed by atoms with E-state index < -0.39 is 0 Å². The van der Waals surface area contributed by atoms with E-state index in [4.69, 9.17) is 0 Å². The van der Waals surface area contributed by atoms with Gasteiger partial charge in [-0.15, -0.1) is 11.3 Å². The first-order valence-corrected chi connectivity index (χ1v) is 6.78. The third-order valence-corrected chi connectivity index (χ3v) is 3.53. The van der Waals surface area contributed by atoms with E-state index in [9.17, 15) is 0 Å². The molecule has 1 aromatic heterocycles. The van der Waals surface area contributed by atoms with Gasteiger partial charge in [0.25, 0.3) is 0 Å². The fourth-order valence-corrected chi connectivity index (χ4v) is 2.59. The summed E-state index contributed by atoms with van der Waals surface area (Å²) in [6.07, 6.45) is 4.87. The second-order valence-corrected chi connectivity index (χ2v) is 4.91. The molecule has 1 unspecified atom stereocenters. The Labute approximate surface area is 97.1 Å². The van der Waals surface area contributed by atoms with Gasteiger partial charge in [-0.05, 0) is 26.3 Å². The van der Waals surface area contributed by atoms with Crippen LogP contribution in [0.4, 0.5) is 0 Å². The van der Waals surface area contributed by atoms with Crippen LogP contribution < -0.4 is 5.32 Å². The molecular weight excluding hydrogens is 204 g/mol. The van der Waals surface area contributed by atoms with Crippen molar-refractivity contribution in [2.75, 3.05) is 6.54 Å². The Morgan fingerprint density at radius 3 is 2.73 bits per heavy atom. The van der Waals surface area contributed by atoms with Crippen molar-refractivity contribution in [2.45, 2.75) is 52.5 Å². The van der Waals surface area contributed by atoms with Gasteiger partial charge >= 0.3 is 0 Å². The summed E-state index contributed by atoms with van der Waals surface area (Å²) in [4.78, 5) is 4.49. The van der Waals surface area contributed by atoms with Crippen molar-refractivity contribution in [3.05, 3.63) is 16.1 Å². The van der Waals surface area contributed by atoms with Crippen LogP contribution in [0.1, 0.15) is 43.8 Å². The van der Waals surface area contributed by atoms with Crippen molar-refractivity contribution in [3.63, 3.8) is 0 Å². The highest BCUT2D eigenvalue weighted by atomic mass is 32.1. The number of aryl methyl sites for hydroxylation is 2. The predicted molar refractivity (Wildman–Crippen MR) is 67.5 cm³/mol. The third kappa shape index (κ3) is 4.76. The number of rotatable bonds is 7. The highest BCUT2D eigenvalue weighted by Gasteiger charge is 2.07. The van der Waals surface area contributed by atoms with E-state index in [0.717, 1.165) is 18.7 Å². The van der Waals surface area contributed by atoms with Crippen LogP contribution in [0.15, 0.2) is 5.38 Å². The molecule has 2 nitrogen and oxygen atoms in total. The average molecular weight is 226 g/mol. The molecule has 3 heteroatoms. The summed E-state index contributed by atoms with van der Waals surface area (Å²) >= 11 is 1.79. The minimum absolute atomic E-state index is 0.671. The first-order valence-electron chi connectivity index (χ1n) is 5.90. The van der Waals surface area contributed by atoms with E-state index in [1.165, 1.54) is 24.3 Å². The lowest BCUT2D eigenvalue weighted by atomic mass is 10.1. The van der Waals surface area contributed by atoms with Crippen LogP contribution in [0.2, 0.25) is 0 Å². The van der Waals surface area contributed by atoms with E-state index in [1.807, 2.05) is 0 Å². The maximum Gasteiger partial charge on any atom is 0.0928 e. The summed E-state index contributed by atoms with van der Waals surface area (Å²) in [6, 6.07) is 0.671. The van der Waals surface area contributed by atoms with Crippen molar-refractivity contribution in [1.82, 2.24) is 10.3 Å². The second-order valence-electron chi connectivity index (χ2n) is 3.96. The SMILES string of the molecule is CCCC(CCc1nc(C)cs1)NCC. The summed E-state index contributed by atoms with van der Waals surface area (Å²) in [6.45, 7) is 7.56. The fraction of sp³-hybridized carbons (Fsp3) is 0.750. The predicted octanol–water partition coefficient (Wildman–Crippen LogP) is 3.16. The lowest BCUT2D eigenvalue weighted by Gasteiger charge is -2.15. The third-order valence-electron chi connectivity index (χ3n) is 2.50. The molecule has 1 atom stereocenters. The molecule has 0 aliphatic rings. The Morgan fingerprint density at radius 1 is 1.40 bits per heavy atom. The average Bonchev–Trinajstić information content (AvgIpc) is 2.61. The summed E-state index contributed by atoms with van der Waals surface area (Å²) in [5, 5.41) is 6.96. The zero-order valence-corrected chi connectivity index (χ0v) is 10.9. The topological polar surface area (TPSA) is 24.9 Å². The van der Waals surface area contributed by atoms with Crippen molar-refractivity contribution in [3.8, 4) is 0 Å². The van der Waals surface area contributed by atoms with Gasteiger partial charge in [-0.3, -0.25) is 0 Å². The smallest absolute Gasteiger partial charge is 0.0928 e. The molecule has 0 amide bonds. The van der Waals surface area contributed by atoms with Crippen LogP contribution in [0, 0.1) is 6.92 Å². The second kappa shape index (κ2) is 6.96. The van der Waals surface area contributed by atoms with E-state index in [2.05, 4.69) is 36.5 Å². The Balaban J connectivity index is 2.32. The molecule has 0 radical (unpaired) electrons. The fourth-order valence-electron chi connectivity index (χ4n) is 1.80. The molecule has 1 N–H and O–H groups in total. The van der Waals surface area contributed by atoms with Crippen molar-refractivity contribution >= 4 is 11.3 Å². The molecular formula is C12H22N2S. The first kappa shape index (κ1) is 12.7. The summed E-state index contributed by atoms with van der Waals surface area (Å²) in [5.41, 5.74) is 1.16. The van der Waals surface area contributed by atoms with Gasteiger partial charge in [0.1, 0.15) is 0 Å². The van der Waals surface area contributed by atoms with Crippen LogP contribution in [0.25, 0.3) is 0 Å². The molecule has 1 heterocycles. The molecule has 0 spiro atoms. The molecule has 0 saturated carbocycles.